The van der Waals surface area contributed by atoms with Crippen molar-refractivity contribution in [2.45, 2.75) is 35.6 Å². The molecular formula is C12H16O6S. The van der Waals surface area contributed by atoms with Crippen molar-refractivity contribution in [3.05, 3.63) is 24.3 Å². The van der Waals surface area contributed by atoms with Crippen LogP contribution in [0.1, 0.15) is 0 Å². The zero-order chi connectivity index (χ0) is 14.0. The summed E-state index contributed by atoms with van der Waals surface area (Å²) in [7, 11) is 0. The van der Waals surface area contributed by atoms with E-state index in [1.807, 2.05) is 0 Å². The van der Waals surface area contributed by atoms with Crippen molar-refractivity contribution in [2.75, 3.05) is 6.61 Å². The number of hydrogen-bond acceptors (Lipinski definition) is 7. The van der Waals surface area contributed by atoms with Crippen molar-refractivity contribution in [1.29, 1.82) is 0 Å². The molecule has 4 N–H and O–H groups in total. The van der Waals surface area contributed by atoms with Crippen LogP contribution >= 0.6 is 12.6 Å². The highest BCUT2D eigenvalue weighted by molar-refractivity contribution is 7.80. The molecule has 0 saturated carbocycles. The Bertz CT molecular complexity index is 426. The van der Waals surface area contributed by atoms with Crippen molar-refractivity contribution in [1.82, 2.24) is 0 Å². The van der Waals surface area contributed by atoms with Crippen LogP contribution < -0.4 is 4.74 Å². The van der Waals surface area contributed by atoms with Gasteiger partial charge in [0.2, 0.25) is 6.29 Å². The van der Waals surface area contributed by atoms with Gasteiger partial charge < -0.3 is 29.9 Å². The molecule has 1 unspecified atom stereocenters. The van der Waals surface area contributed by atoms with E-state index < -0.39 is 37.3 Å². The normalized spacial score (nSPS) is 35.1. The van der Waals surface area contributed by atoms with Crippen LogP contribution in [0.4, 0.5) is 0 Å². The van der Waals surface area contributed by atoms with Crippen LogP contribution in [-0.2, 0) is 4.74 Å². The summed E-state index contributed by atoms with van der Waals surface area (Å²) >= 11 is 4.19. The average Bonchev–Trinajstić information content (AvgIpc) is 2.41. The molecule has 19 heavy (non-hydrogen) atoms. The van der Waals surface area contributed by atoms with E-state index in [0.29, 0.717) is 10.6 Å². The third kappa shape index (κ3) is 3.02. The largest absolute Gasteiger partial charge is 0.461 e. The van der Waals surface area contributed by atoms with E-state index in [0.717, 1.165) is 0 Å². The molecule has 2 rings (SSSR count). The second-order valence-corrected chi connectivity index (χ2v) is 4.76. The zero-order valence-electron chi connectivity index (χ0n) is 9.96. The van der Waals surface area contributed by atoms with Gasteiger partial charge in [-0.05, 0) is 12.1 Å². The van der Waals surface area contributed by atoms with Gasteiger partial charge in [0, 0.05) is 4.90 Å². The molecule has 0 amide bonds. The lowest BCUT2D eigenvalue weighted by atomic mass is 9.99. The van der Waals surface area contributed by atoms with Crippen LogP contribution in [0.5, 0.6) is 5.75 Å². The fourth-order valence-corrected chi connectivity index (χ4v) is 2.06. The Morgan fingerprint density at radius 1 is 1.11 bits per heavy atom. The predicted molar refractivity (Wildman–Crippen MR) is 68.1 cm³/mol. The van der Waals surface area contributed by atoms with Crippen LogP contribution in [0.25, 0.3) is 0 Å². The summed E-state index contributed by atoms with van der Waals surface area (Å²) in [5.41, 5.74) is 0. The molecule has 1 heterocycles. The van der Waals surface area contributed by atoms with Crippen molar-refractivity contribution in [3.8, 4) is 5.75 Å². The fourth-order valence-electron chi connectivity index (χ4n) is 1.85. The van der Waals surface area contributed by atoms with Crippen molar-refractivity contribution >= 4 is 12.6 Å². The zero-order valence-corrected chi connectivity index (χ0v) is 10.9. The number of thiol groups is 1. The summed E-state index contributed by atoms with van der Waals surface area (Å²) in [5.74, 6) is 0.371. The highest BCUT2D eigenvalue weighted by Gasteiger charge is 2.44. The number of aliphatic hydroxyl groups is 4. The fraction of sp³-hybridized carbons (Fsp3) is 0.500. The molecule has 0 aromatic heterocycles. The molecule has 7 heteroatoms. The number of rotatable bonds is 3. The minimum Gasteiger partial charge on any atom is -0.461 e. The van der Waals surface area contributed by atoms with Gasteiger partial charge in [0.25, 0.3) is 0 Å². The Morgan fingerprint density at radius 2 is 1.79 bits per heavy atom. The standard InChI is InChI=1S/C12H16O6S/c13-5-7-9(14)10(15)11(16)12(18-7)17-6-3-1-2-4-8(6)19/h1-4,7,9-16,19H,5H2/t7-,9+,10+,11-,12?/m1/s1. The van der Waals surface area contributed by atoms with Crippen molar-refractivity contribution in [2.24, 2.45) is 0 Å². The molecule has 6 nitrogen and oxygen atoms in total. The van der Waals surface area contributed by atoms with E-state index in [-0.39, 0.29) is 0 Å². The third-order valence-corrected chi connectivity index (χ3v) is 3.33. The smallest absolute Gasteiger partial charge is 0.229 e. The first-order chi connectivity index (χ1) is 9.04. The molecule has 0 radical (unpaired) electrons. The Labute approximate surface area is 115 Å². The van der Waals surface area contributed by atoms with Gasteiger partial charge in [0.15, 0.2) is 0 Å². The molecule has 1 aromatic carbocycles. The average molecular weight is 288 g/mol. The number of hydrogen-bond donors (Lipinski definition) is 5. The second kappa shape index (κ2) is 6.08. The minimum absolute atomic E-state index is 0.371. The van der Waals surface area contributed by atoms with Crippen molar-refractivity contribution < 1.29 is 29.9 Å². The van der Waals surface area contributed by atoms with E-state index >= 15 is 0 Å². The quantitative estimate of drug-likeness (QED) is 0.465. The molecule has 106 valence electrons. The van der Waals surface area contributed by atoms with Gasteiger partial charge in [-0.1, -0.05) is 12.1 Å². The highest BCUT2D eigenvalue weighted by Crippen LogP contribution is 2.27. The Kier molecular flexibility index (Phi) is 4.67. The maximum absolute atomic E-state index is 9.81. The van der Waals surface area contributed by atoms with Crippen LogP contribution in [-0.4, -0.2) is 57.7 Å². The Hall–Kier alpha value is -0.830. The summed E-state index contributed by atoms with van der Waals surface area (Å²) in [6.45, 7) is -0.493. The summed E-state index contributed by atoms with van der Waals surface area (Å²) in [4.78, 5) is 0.541. The lowest BCUT2D eigenvalue weighted by Gasteiger charge is -2.39. The number of aliphatic hydroxyl groups excluding tert-OH is 4. The lowest BCUT2D eigenvalue weighted by Crippen LogP contribution is -2.60. The third-order valence-electron chi connectivity index (χ3n) is 2.96. The lowest BCUT2D eigenvalue weighted by molar-refractivity contribution is -0.277. The first-order valence-electron chi connectivity index (χ1n) is 5.79. The molecular weight excluding hydrogens is 272 g/mol. The molecule has 1 aliphatic heterocycles. The monoisotopic (exact) mass is 288 g/mol. The SMILES string of the molecule is OC[C@H]1OC(Oc2ccccc2S)[C@H](O)[C@@H](O)[C@H]1O. The molecule has 1 fully saturated rings. The molecule has 0 aliphatic carbocycles. The summed E-state index contributed by atoms with van der Waals surface area (Å²) in [6.07, 6.45) is -6.46. The van der Waals surface area contributed by atoms with Gasteiger partial charge in [-0.25, -0.2) is 0 Å². The van der Waals surface area contributed by atoms with Gasteiger partial charge in [-0.2, -0.15) is 0 Å². The van der Waals surface area contributed by atoms with E-state index in [2.05, 4.69) is 12.6 Å². The minimum atomic E-state index is -1.46. The molecule has 1 aliphatic rings. The number of ether oxygens (including phenoxy) is 2. The van der Waals surface area contributed by atoms with E-state index in [9.17, 15) is 15.3 Å². The van der Waals surface area contributed by atoms with Crippen LogP contribution in [0, 0.1) is 0 Å². The first kappa shape index (κ1) is 14.6. The van der Waals surface area contributed by atoms with E-state index in [1.54, 1.807) is 24.3 Å². The van der Waals surface area contributed by atoms with Crippen LogP contribution in [0.3, 0.4) is 0 Å². The van der Waals surface area contributed by atoms with E-state index in [1.165, 1.54) is 0 Å². The van der Waals surface area contributed by atoms with Gasteiger partial charge in [-0.15, -0.1) is 12.6 Å². The van der Waals surface area contributed by atoms with Crippen LogP contribution in [0.2, 0.25) is 0 Å². The Balaban J connectivity index is 2.13. The molecule has 1 saturated heterocycles. The maximum atomic E-state index is 9.81. The topological polar surface area (TPSA) is 99.4 Å². The summed E-state index contributed by atoms with van der Waals surface area (Å²) in [6, 6.07) is 6.81. The van der Waals surface area contributed by atoms with Gasteiger partial charge in [-0.3, -0.25) is 0 Å². The van der Waals surface area contributed by atoms with Crippen LogP contribution in [0.15, 0.2) is 29.2 Å². The summed E-state index contributed by atoms with van der Waals surface area (Å²) in [5, 5.41) is 38.1. The maximum Gasteiger partial charge on any atom is 0.229 e. The molecule has 5 atom stereocenters. The number of benzene rings is 1. The van der Waals surface area contributed by atoms with Gasteiger partial charge in [0.1, 0.15) is 30.2 Å². The van der Waals surface area contributed by atoms with Gasteiger partial charge >= 0.3 is 0 Å². The molecule has 0 bridgehead atoms. The van der Waals surface area contributed by atoms with E-state index in [4.69, 9.17) is 14.6 Å². The van der Waals surface area contributed by atoms with Crippen molar-refractivity contribution in [3.63, 3.8) is 0 Å². The number of para-hydroxylation sites is 1. The highest BCUT2D eigenvalue weighted by atomic mass is 32.1. The van der Waals surface area contributed by atoms with Gasteiger partial charge in [0.05, 0.1) is 6.61 Å². The predicted octanol–water partition coefficient (Wildman–Crippen LogP) is -0.846. The molecule has 1 aromatic rings. The molecule has 0 spiro atoms. The first-order valence-corrected chi connectivity index (χ1v) is 6.24. The summed E-state index contributed by atoms with van der Waals surface area (Å²) < 4.78 is 10.6. The Morgan fingerprint density at radius 3 is 2.42 bits per heavy atom. The second-order valence-electron chi connectivity index (χ2n) is 4.28.